The Kier molecular flexibility index (Phi) is 7.47. The van der Waals surface area contributed by atoms with Crippen molar-refractivity contribution in [3.8, 4) is 40.1 Å². The summed E-state index contributed by atoms with van der Waals surface area (Å²) in [5.74, 6) is -6.08. The molecule has 0 radical (unpaired) electrons. The highest BCUT2D eigenvalue weighted by Gasteiger charge is 2.41. The maximum atomic E-state index is 15.0. The third kappa shape index (κ3) is 6.08. The summed E-state index contributed by atoms with van der Waals surface area (Å²) in [5.41, 5.74) is -3.51. The van der Waals surface area contributed by atoms with Crippen LogP contribution >= 0.6 is 0 Å². The molecule has 0 aliphatic rings. The molecule has 0 amide bonds. The highest BCUT2D eigenvalue weighted by Crippen LogP contribution is 2.39. The van der Waals surface area contributed by atoms with Crippen LogP contribution in [0.1, 0.15) is 11.1 Å². The van der Waals surface area contributed by atoms with Crippen LogP contribution in [0, 0.1) is 40.9 Å². The first-order valence-electron chi connectivity index (χ1n) is 11.9. The molecule has 5 rings (SSSR count). The number of halogens is 10. The smallest absolute Gasteiger partial charge is 0.429 e. The number of alkyl halides is 5. The lowest BCUT2D eigenvalue weighted by atomic mass is 10.00. The number of fused-ring (bicyclic) bond motifs is 1. The molecule has 218 valence electrons. The van der Waals surface area contributed by atoms with E-state index in [4.69, 9.17) is 0 Å². The Hall–Kier alpha value is -5.12. The number of hydrogen-bond acceptors (Lipinski definition) is 3. The van der Waals surface area contributed by atoms with Gasteiger partial charge in [0.15, 0.2) is 5.82 Å². The predicted octanol–water partition coefficient (Wildman–Crippen LogP) is 8.70. The first kappa shape index (κ1) is 29.4. The van der Waals surface area contributed by atoms with E-state index in [1.807, 2.05) is 0 Å². The minimum absolute atomic E-state index is 0.173. The fraction of sp³-hybridized carbons (Fsp3) is 0.0667. The topological polar surface area (TPSA) is 35.0 Å². The van der Waals surface area contributed by atoms with Crippen LogP contribution in [0.25, 0.3) is 33.3 Å². The third-order valence-corrected chi connectivity index (χ3v) is 6.01. The molecule has 0 bridgehead atoms. The van der Waals surface area contributed by atoms with Gasteiger partial charge in [0.1, 0.15) is 40.4 Å². The minimum Gasteiger partial charge on any atom is -0.429 e. The zero-order chi connectivity index (χ0) is 31.1. The van der Waals surface area contributed by atoms with Gasteiger partial charge in [-0.2, -0.15) is 22.0 Å². The van der Waals surface area contributed by atoms with Gasteiger partial charge in [-0.1, -0.05) is 18.1 Å². The summed E-state index contributed by atoms with van der Waals surface area (Å²) in [6.07, 6.45) is -6.87. The standard InChI is InChI=1S/C30H12F10N2O/c31-22-11-15(28-41-8-1-9-42-28)2-4-19(22)17-13-24(33)26(25(34)14-17)30(39,40)43-18-3-5-20-16(10-18)12-23(32)21(27(20)35)6-7-29(36,37)38/h1-5,8-14H. The summed E-state index contributed by atoms with van der Waals surface area (Å²) in [5, 5.41) is -0.908. The summed E-state index contributed by atoms with van der Waals surface area (Å²) < 4.78 is 145. The van der Waals surface area contributed by atoms with Gasteiger partial charge in [-0.3, -0.25) is 0 Å². The lowest BCUT2D eigenvalue weighted by Gasteiger charge is -2.20. The zero-order valence-corrected chi connectivity index (χ0v) is 21.0. The summed E-state index contributed by atoms with van der Waals surface area (Å²) in [7, 11) is 0. The molecule has 0 saturated carbocycles. The molecule has 0 aliphatic carbocycles. The largest absolute Gasteiger partial charge is 0.458 e. The number of ether oxygens (including phenoxy) is 1. The number of aromatic nitrogens is 2. The zero-order valence-electron chi connectivity index (χ0n) is 21.0. The molecule has 0 fully saturated rings. The number of hydrogen-bond donors (Lipinski definition) is 0. The van der Waals surface area contributed by atoms with Crippen molar-refractivity contribution in [1.29, 1.82) is 0 Å². The fourth-order valence-electron chi connectivity index (χ4n) is 4.16. The Balaban J connectivity index is 1.45. The summed E-state index contributed by atoms with van der Waals surface area (Å²) >= 11 is 0. The van der Waals surface area contributed by atoms with Crippen molar-refractivity contribution in [3.05, 3.63) is 113 Å². The normalized spacial score (nSPS) is 11.8. The van der Waals surface area contributed by atoms with Crippen LogP contribution in [0.3, 0.4) is 0 Å². The molecule has 1 aromatic heterocycles. The van der Waals surface area contributed by atoms with E-state index in [1.54, 1.807) is 0 Å². The molecule has 0 spiro atoms. The highest BCUT2D eigenvalue weighted by atomic mass is 19.4. The lowest BCUT2D eigenvalue weighted by molar-refractivity contribution is -0.189. The molecule has 0 unspecified atom stereocenters. The van der Waals surface area contributed by atoms with Gasteiger partial charge in [0.05, 0.1) is 5.56 Å². The summed E-state index contributed by atoms with van der Waals surface area (Å²) in [6, 6.07) is 8.76. The first-order valence-corrected chi connectivity index (χ1v) is 11.9. The van der Waals surface area contributed by atoms with Crippen molar-refractivity contribution < 1.29 is 48.6 Å². The van der Waals surface area contributed by atoms with Gasteiger partial charge < -0.3 is 4.74 Å². The van der Waals surface area contributed by atoms with Crippen LogP contribution in [0.15, 0.2) is 73.1 Å². The van der Waals surface area contributed by atoms with E-state index < -0.39 is 74.6 Å². The van der Waals surface area contributed by atoms with Crippen molar-refractivity contribution in [2.45, 2.75) is 12.3 Å². The van der Waals surface area contributed by atoms with Crippen molar-refractivity contribution in [1.82, 2.24) is 9.97 Å². The van der Waals surface area contributed by atoms with E-state index in [9.17, 15) is 43.9 Å². The molecule has 13 heteroatoms. The molecule has 0 saturated heterocycles. The van der Waals surface area contributed by atoms with Crippen LogP contribution in [-0.4, -0.2) is 16.1 Å². The molecule has 0 aliphatic heterocycles. The Morgan fingerprint density at radius 1 is 0.674 bits per heavy atom. The number of nitrogens with zero attached hydrogens (tertiary/aromatic N) is 2. The molecule has 43 heavy (non-hydrogen) atoms. The van der Waals surface area contributed by atoms with E-state index in [1.165, 1.54) is 30.4 Å². The number of benzene rings is 4. The van der Waals surface area contributed by atoms with Crippen molar-refractivity contribution in [2.75, 3.05) is 0 Å². The van der Waals surface area contributed by atoms with E-state index in [0.29, 0.717) is 24.3 Å². The molecular formula is C30H12F10N2O. The SMILES string of the molecule is Fc1cc(-c2ncccn2)ccc1-c1cc(F)c(C(F)(F)Oc2ccc3c(F)c(C#CC(F)(F)F)c(F)cc3c2)c(F)c1. The second kappa shape index (κ2) is 10.9. The molecule has 0 atom stereocenters. The Bertz CT molecular complexity index is 1910. The molecule has 5 aromatic rings. The minimum atomic E-state index is -5.03. The average Bonchev–Trinajstić information content (AvgIpc) is 2.91. The van der Waals surface area contributed by atoms with E-state index >= 15 is 0 Å². The maximum absolute atomic E-state index is 15.0. The Labute approximate surface area is 235 Å². The van der Waals surface area contributed by atoms with Gasteiger partial charge in [-0.15, -0.1) is 0 Å². The second-order valence-corrected chi connectivity index (χ2v) is 8.88. The van der Waals surface area contributed by atoms with Crippen LogP contribution < -0.4 is 4.74 Å². The predicted molar refractivity (Wildman–Crippen MR) is 134 cm³/mol. The van der Waals surface area contributed by atoms with Gasteiger partial charge in [0.25, 0.3) is 0 Å². The molecule has 3 nitrogen and oxygen atoms in total. The Morgan fingerprint density at radius 3 is 1.95 bits per heavy atom. The lowest BCUT2D eigenvalue weighted by Crippen LogP contribution is -2.25. The first-order chi connectivity index (χ1) is 20.2. The van der Waals surface area contributed by atoms with Gasteiger partial charge in [-0.05, 0) is 59.5 Å². The van der Waals surface area contributed by atoms with E-state index in [-0.39, 0.29) is 17.0 Å². The van der Waals surface area contributed by atoms with E-state index in [2.05, 4.69) is 14.7 Å². The Morgan fingerprint density at radius 2 is 1.33 bits per heavy atom. The monoisotopic (exact) mass is 606 g/mol. The van der Waals surface area contributed by atoms with E-state index in [0.717, 1.165) is 30.2 Å². The quantitative estimate of drug-likeness (QED) is 0.148. The fourth-order valence-corrected chi connectivity index (χ4v) is 4.16. The van der Waals surface area contributed by atoms with Crippen LogP contribution in [-0.2, 0) is 6.11 Å². The summed E-state index contributed by atoms with van der Waals surface area (Å²) in [4.78, 5) is 7.93. The number of rotatable bonds is 5. The van der Waals surface area contributed by atoms with Crippen molar-refractivity contribution >= 4 is 10.8 Å². The average molecular weight is 606 g/mol. The second-order valence-electron chi connectivity index (χ2n) is 8.88. The van der Waals surface area contributed by atoms with Gasteiger partial charge in [0, 0.05) is 34.8 Å². The van der Waals surface area contributed by atoms with Gasteiger partial charge >= 0.3 is 12.3 Å². The van der Waals surface area contributed by atoms with Gasteiger partial charge in [-0.25, -0.2) is 31.9 Å². The molecule has 0 N–H and O–H groups in total. The van der Waals surface area contributed by atoms with Crippen LogP contribution in [0.2, 0.25) is 0 Å². The highest BCUT2D eigenvalue weighted by molar-refractivity contribution is 5.86. The van der Waals surface area contributed by atoms with Crippen molar-refractivity contribution in [2.24, 2.45) is 0 Å². The molecule has 1 heterocycles. The van der Waals surface area contributed by atoms with Gasteiger partial charge in [0.2, 0.25) is 0 Å². The molecule has 4 aromatic carbocycles. The maximum Gasteiger partial charge on any atom is 0.458 e. The summed E-state index contributed by atoms with van der Waals surface area (Å²) in [6.45, 7) is 0. The molecular weight excluding hydrogens is 594 g/mol. The van der Waals surface area contributed by atoms with Crippen molar-refractivity contribution in [3.63, 3.8) is 0 Å². The van der Waals surface area contributed by atoms with Crippen LogP contribution in [0.4, 0.5) is 43.9 Å². The van der Waals surface area contributed by atoms with Crippen LogP contribution in [0.5, 0.6) is 5.75 Å². The third-order valence-electron chi connectivity index (χ3n) is 6.01.